The van der Waals surface area contributed by atoms with Gasteiger partial charge in [0.25, 0.3) is 0 Å². The van der Waals surface area contributed by atoms with Gasteiger partial charge in [0.05, 0.1) is 12.2 Å². The van der Waals surface area contributed by atoms with Crippen LogP contribution in [0.1, 0.15) is 15.9 Å². The number of carbonyl (C=O) groups excluding carboxylic acids is 1. The van der Waals surface area contributed by atoms with E-state index in [2.05, 4.69) is 63.6 Å². The Morgan fingerprint density at radius 3 is 2.59 bits per heavy atom. The highest BCUT2D eigenvalue weighted by Gasteiger charge is 2.12. The maximum Gasteiger partial charge on any atom is 0.152 e. The molecule has 112 valence electrons. The number of anilines is 1. The van der Waals surface area contributed by atoms with E-state index >= 15 is 0 Å². The molecule has 0 spiro atoms. The largest absolute Gasteiger partial charge is 0.357 e. The van der Waals surface area contributed by atoms with Crippen LogP contribution >= 0.6 is 15.9 Å². The van der Waals surface area contributed by atoms with Crippen LogP contribution in [0.2, 0.25) is 0 Å². The number of nitrogens with zero attached hydrogens (tertiary/aromatic N) is 2. The molecule has 0 atom stereocenters. The summed E-state index contributed by atoms with van der Waals surface area (Å²) < 4.78 is 3.05. The lowest BCUT2D eigenvalue weighted by atomic mass is 10.2. The van der Waals surface area contributed by atoms with Gasteiger partial charge in [-0.25, -0.2) is 0 Å². The van der Waals surface area contributed by atoms with Gasteiger partial charge in [0.2, 0.25) is 0 Å². The van der Waals surface area contributed by atoms with Crippen LogP contribution in [-0.4, -0.2) is 17.9 Å². The maximum absolute atomic E-state index is 11.3. The summed E-state index contributed by atoms with van der Waals surface area (Å²) in [6, 6.07) is 14.4. The van der Waals surface area contributed by atoms with Gasteiger partial charge in [-0.15, -0.1) is 0 Å². The topological polar surface area (TPSA) is 25.2 Å². The molecule has 3 aromatic rings. The molecule has 3 nitrogen and oxygen atoms in total. The molecule has 0 fully saturated rings. The molecule has 0 unspecified atom stereocenters. The first-order valence-corrected chi connectivity index (χ1v) is 7.90. The molecule has 0 aliphatic rings. The first-order chi connectivity index (χ1) is 10.6. The fraction of sp³-hybridized carbons (Fsp3) is 0.167. The Balaban J connectivity index is 1.98. The van der Waals surface area contributed by atoms with Gasteiger partial charge in [-0.3, -0.25) is 4.79 Å². The van der Waals surface area contributed by atoms with Gasteiger partial charge in [0.1, 0.15) is 0 Å². The van der Waals surface area contributed by atoms with Crippen molar-refractivity contribution in [2.75, 3.05) is 11.9 Å². The third-order valence-electron chi connectivity index (χ3n) is 3.85. The third kappa shape index (κ3) is 2.66. The number of carbonyl (C=O) groups is 1. The second-order valence-electron chi connectivity index (χ2n) is 5.48. The minimum Gasteiger partial charge on any atom is -0.357 e. The molecule has 3 rings (SSSR count). The summed E-state index contributed by atoms with van der Waals surface area (Å²) >= 11 is 3.54. The number of hydrogen-bond acceptors (Lipinski definition) is 2. The summed E-state index contributed by atoms with van der Waals surface area (Å²) in [5.74, 6) is 0. The minimum atomic E-state index is 0.684. The molecule has 0 amide bonds. The number of aromatic nitrogens is 1. The van der Waals surface area contributed by atoms with E-state index in [1.165, 1.54) is 5.56 Å². The van der Waals surface area contributed by atoms with Gasteiger partial charge in [-0.1, -0.05) is 39.7 Å². The summed E-state index contributed by atoms with van der Waals surface area (Å²) in [7, 11) is 2.05. The van der Waals surface area contributed by atoms with Crippen molar-refractivity contribution in [3.8, 4) is 0 Å². The molecule has 0 aliphatic carbocycles. The average molecular weight is 357 g/mol. The molecule has 2 aromatic carbocycles. The van der Waals surface area contributed by atoms with E-state index in [4.69, 9.17) is 0 Å². The van der Waals surface area contributed by atoms with Crippen LogP contribution in [-0.2, 0) is 6.67 Å². The number of aldehydes is 1. The number of hydrogen-bond donors (Lipinski definition) is 0. The number of halogens is 1. The van der Waals surface area contributed by atoms with Crippen molar-refractivity contribution in [1.82, 2.24) is 4.57 Å². The third-order valence-corrected chi connectivity index (χ3v) is 4.51. The van der Waals surface area contributed by atoms with Crippen molar-refractivity contribution in [1.29, 1.82) is 0 Å². The summed E-state index contributed by atoms with van der Waals surface area (Å²) in [4.78, 5) is 13.5. The van der Waals surface area contributed by atoms with Crippen LogP contribution in [0, 0.1) is 6.92 Å². The van der Waals surface area contributed by atoms with Gasteiger partial charge in [0, 0.05) is 34.4 Å². The van der Waals surface area contributed by atoms with Crippen LogP contribution in [0.3, 0.4) is 0 Å². The molecule has 0 bridgehead atoms. The SMILES string of the molecule is Cc1ccc(N(C)Cn2cc(C=O)c3c(Br)cccc32)cc1. The molecule has 4 heteroatoms. The number of benzene rings is 2. The Kier molecular flexibility index (Phi) is 4.03. The molecule has 22 heavy (non-hydrogen) atoms. The molecular weight excluding hydrogens is 340 g/mol. The van der Waals surface area contributed by atoms with Gasteiger partial charge >= 0.3 is 0 Å². The second kappa shape index (κ2) is 5.97. The van der Waals surface area contributed by atoms with E-state index in [0.29, 0.717) is 12.2 Å². The first-order valence-electron chi connectivity index (χ1n) is 7.10. The fourth-order valence-corrected chi connectivity index (χ4v) is 3.24. The molecule has 0 aliphatic heterocycles. The first kappa shape index (κ1) is 14.9. The van der Waals surface area contributed by atoms with Gasteiger partial charge in [0.15, 0.2) is 6.29 Å². The smallest absolute Gasteiger partial charge is 0.152 e. The van der Waals surface area contributed by atoms with Crippen molar-refractivity contribution >= 4 is 38.8 Å². The molecule has 0 saturated carbocycles. The van der Waals surface area contributed by atoms with Crippen molar-refractivity contribution < 1.29 is 4.79 Å². The summed E-state index contributed by atoms with van der Waals surface area (Å²) in [5, 5.41) is 0.967. The standard InChI is InChI=1S/C18H17BrN2O/c1-13-6-8-15(9-7-13)20(2)12-21-10-14(11-22)18-16(19)4-3-5-17(18)21/h3-11H,12H2,1-2H3. The van der Waals surface area contributed by atoms with Crippen LogP contribution in [0.25, 0.3) is 10.9 Å². The van der Waals surface area contributed by atoms with E-state index in [9.17, 15) is 4.79 Å². The number of aryl methyl sites for hydroxylation is 1. The highest BCUT2D eigenvalue weighted by atomic mass is 79.9. The van der Waals surface area contributed by atoms with Crippen molar-refractivity contribution in [2.45, 2.75) is 13.6 Å². The van der Waals surface area contributed by atoms with E-state index in [0.717, 1.165) is 27.3 Å². The second-order valence-corrected chi connectivity index (χ2v) is 6.34. The highest BCUT2D eigenvalue weighted by molar-refractivity contribution is 9.10. The predicted octanol–water partition coefficient (Wildman–Crippen LogP) is 4.62. The lowest BCUT2D eigenvalue weighted by Gasteiger charge is -2.21. The summed E-state index contributed by atoms with van der Waals surface area (Å²) in [5.41, 5.74) is 4.15. The van der Waals surface area contributed by atoms with E-state index in [1.807, 2.05) is 24.4 Å². The quantitative estimate of drug-likeness (QED) is 0.637. The van der Waals surface area contributed by atoms with Crippen molar-refractivity contribution in [3.05, 3.63) is 64.3 Å². The van der Waals surface area contributed by atoms with Gasteiger partial charge in [-0.2, -0.15) is 0 Å². The van der Waals surface area contributed by atoms with E-state index in [-0.39, 0.29) is 0 Å². The molecule has 0 N–H and O–H groups in total. The Labute approximate surface area is 138 Å². The monoisotopic (exact) mass is 356 g/mol. The van der Waals surface area contributed by atoms with E-state index < -0.39 is 0 Å². The van der Waals surface area contributed by atoms with Gasteiger partial charge < -0.3 is 9.47 Å². The lowest BCUT2D eigenvalue weighted by Crippen LogP contribution is -2.20. The number of rotatable bonds is 4. The van der Waals surface area contributed by atoms with Gasteiger partial charge in [-0.05, 0) is 31.2 Å². The minimum absolute atomic E-state index is 0.684. The molecule has 0 radical (unpaired) electrons. The summed E-state index contributed by atoms with van der Waals surface area (Å²) in [6.07, 6.45) is 2.82. The van der Waals surface area contributed by atoms with Crippen molar-refractivity contribution in [2.24, 2.45) is 0 Å². The van der Waals surface area contributed by atoms with Crippen LogP contribution in [0.5, 0.6) is 0 Å². The Bertz CT molecular complexity index is 821. The zero-order chi connectivity index (χ0) is 15.7. The molecule has 0 saturated heterocycles. The lowest BCUT2D eigenvalue weighted by molar-refractivity contribution is 0.112. The number of fused-ring (bicyclic) bond motifs is 1. The maximum atomic E-state index is 11.3. The zero-order valence-electron chi connectivity index (χ0n) is 12.6. The highest BCUT2D eigenvalue weighted by Crippen LogP contribution is 2.28. The summed E-state index contributed by atoms with van der Waals surface area (Å²) in [6.45, 7) is 2.76. The van der Waals surface area contributed by atoms with Crippen LogP contribution in [0.15, 0.2) is 53.1 Å². The zero-order valence-corrected chi connectivity index (χ0v) is 14.2. The molecule has 1 heterocycles. The predicted molar refractivity (Wildman–Crippen MR) is 94.6 cm³/mol. The van der Waals surface area contributed by atoms with Crippen LogP contribution < -0.4 is 4.90 Å². The normalized spacial score (nSPS) is 10.9. The Morgan fingerprint density at radius 1 is 1.18 bits per heavy atom. The van der Waals surface area contributed by atoms with E-state index in [1.54, 1.807) is 0 Å². The molecule has 1 aromatic heterocycles. The van der Waals surface area contributed by atoms with Crippen molar-refractivity contribution in [3.63, 3.8) is 0 Å². The average Bonchev–Trinajstić information content (AvgIpc) is 2.87. The fourth-order valence-electron chi connectivity index (χ4n) is 2.66. The molecular formula is C18H17BrN2O. The van der Waals surface area contributed by atoms with Crippen LogP contribution in [0.4, 0.5) is 5.69 Å². The Hall–Kier alpha value is -2.07. The Morgan fingerprint density at radius 2 is 1.91 bits per heavy atom.